The second kappa shape index (κ2) is 5.32. The Morgan fingerprint density at radius 1 is 1.53 bits per heavy atom. The molecule has 1 saturated carbocycles. The lowest BCUT2D eigenvalue weighted by Gasteiger charge is -2.34. The minimum atomic E-state index is -3.66. The molecule has 100 valence electrons. The van der Waals surface area contributed by atoms with E-state index in [0.717, 1.165) is 7.11 Å². The Balaban J connectivity index is 2.60. The molecule has 1 rings (SSSR count). The number of hydrogen-bond acceptors (Lipinski definition) is 5. The molecule has 1 aliphatic carbocycles. The third kappa shape index (κ3) is 3.17. The van der Waals surface area contributed by atoms with Crippen LogP contribution in [0.2, 0.25) is 0 Å². The van der Waals surface area contributed by atoms with Crippen LogP contribution in [0.4, 0.5) is 0 Å². The number of sulfonamides is 1. The fourth-order valence-electron chi connectivity index (χ4n) is 1.87. The Morgan fingerprint density at radius 3 is 2.47 bits per heavy atom. The number of methoxy groups -OCH3 is 1. The highest BCUT2D eigenvalue weighted by Gasteiger charge is 2.36. The van der Waals surface area contributed by atoms with Crippen LogP contribution < -0.4 is 0 Å². The molecule has 0 radical (unpaired) electrons. The molecule has 0 saturated heterocycles. The van der Waals surface area contributed by atoms with Gasteiger partial charge >= 0.3 is 5.97 Å². The first-order chi connectivity index (χ1) is 7.78. The van der Waals surface area contributed by atoms with Crippen molar-refractivity contribution < 1.29 is 23.1 Å². The van der Waals surface area contributed by atoms with E-state index >= 15 is 0 Å². The lowest BCUT2D eigenvalue weighted by molar-refractivity contribution is -0.139. The van der Waals surface area contributed by atoms with Crippen molar-refractivity contribution in [2.45, 2.75) is 31.1 Å². The molecule has 1 atom stereocenters. The monoisotopic (exact) mass is 265 g/mol. The van der Waals surface area contributed by atoms with Gasteiger partial charge < -0.3 is 9.84 Å². The van der Waals surface area contributed by atoms with Gasteiger partial charge in [0.05, 0.1) is 13.2 Å². The standard InChI is InChI=1S/C10H19NO5S/c1-7(10(13)16-3)17(14,15)11(2)6-8-4-9(12)5-8/h7-9,12H,4-6H2,1-3H3. The highest BCUT2D eigenvalue weighted by atomic mass is 32.2. The van der Waals surface area contributed by atoms with Crippen LogP contribution in [0.5, 0.6) is 0 Å². The van der Waals surface area contributed by atoms with Crippen molar-refractivity contribution in [3.63, 3.8) is 0 Å². The van der Waals surface area contributed by atoms with Gasteiger partial charge in [0.25, 0.3) is 0 Å². The highest BCUT2D eigenvalue weighted by Crippen LogP contribution is 2.28. The van der Waals surface area contributed by atoms with Crippen molar-refractivity contribution >= 4 is 16.0 Å². The normalized spacial score (nSPS) is 26.4. The van der Waals surface area contributed by atoms with Crippen molar-refractivity contribution in [1.82, 2.24) is 4.31 Å². The minimum absolute atomic E-state index is 0.176. The summed E-state index contributed by atoms with van der Waals surface area (Å²) in [5.41, 5.74) is 0. The third-order valence-corrected chi connectivity index (χ3v) is 5.24. The zero-order valence-electron chi connectivity index (χ0n) is 10.3. The van der Waals surface area contributed by atoms with E-state index in [-0.39, 0.29) is 12.0 Å². The summed E-state index contributed by atoms with van der Waals surface area (Å²) in [6, 6.07) is 0. The first-order valence-corrected chi connectivity index (χ1v) is 7.00. The lowest BCUT2D eigenvalue weighted by atomic mass is 9.82. The second-order valence-corrected chi connectivity index (χ2v) is 6.84. The molecule has 6 nitrogen and oxygen atoms in total. The zero-order valence-corrected chi connectivity index (χ0v) is 11.1. The number of ether oxygens (including phenoxy) is 1. The van der Waals surface area contributed by atoms with Crippen LogP contribution in [0.1, 0.15) is 19.8 Å². The molecule has 1 fully saturated rings. The van der Waals surface area contributed by atoms with Gasteiger partial charge in [0.1, 0.15) is 0 Å². The summed E-state index contributed by atoms with van der Waals surface area (Å²) in [7, 11) is -1.05. The number of aliphatic hydroxyl groups excluding tert-OH is 1. The number of carbonyl (C=O) groups excluding carboxylic acids is 1. The molecule has 0 bridgehead atoms. The Labute approximate surface area is 102 Å². The summed E-state index contributed by atoms with van der Waals surface area (Å²) in [5.74, 6) is -0.583. The van der Waals surface area contributed by atoms with Gasteiger partial charge in [0.2, 0.25) is 10.0 Å². The molecule has 7 heteroatoms. The smallest absolute Gasteiger partial charge is 0.325 e. The summed E-state index contributed by atoms with van der Waals surface area (Å²) in [4.78, 5) is 11.2. The maximum Gasteiger partial charge on any atom is 0.325 e. The van der Waals surface area contributed by atoms with Gasteiger partial charge in [-0.25, -0.2) is 12.7 Å². The van der Waals surface area contributed by atoms with Gasteiger partial charge in [-0.2, -0.15) is 0 Å². The van der Waals surface area contributed by atoms with Crippen molar-refractivity contribution in [3.8, 4) is 0 Å². The van der Waals surface area contributed by atoms with Crippen molar-refractivity contribution in [1.29, 1.82) is 0 Å². The van der Waals surface area contributed by atoms with E-state index in [1.807, 2.05) is 0 Å². The fourth-order valence-corrected chi connectivity index (χ4v) is 3.17. The highest BCUT2D eigenvalue weighted by molar-refractivity contribution is 7.90. The second-order valence-electron chi connectivity index (χ2n) is 4.48. The van der Waals surface area contributed by atoms with Gasteiger partial charge in [-0.05, 0) is 25.7 Å². The minimum Gasteiger partial charge on any atom is -0.468 e. The molecule has 0 aromatic carbocycles. The summed E-state index contributed by atoms with van der Waals surface area (Å²) in [6.45, 7) is 1.65. The Morgan fingerprint density at radius 2 is 2.06 bits per heavy atom. The summed E-state index contributed by atoms with van der Waals surface area (Å²) in [5, 5.41) is 7.94. The molecule has 0 spiro atoms. The van der Waals surface area contributed by atoms with Crippen LogP contribution in [-0.4, -0.2) is 55.9 Å². The van der Waals surface area contributed by atoms with Gasteiger partial charge in [0.15, 0.2) is 5.25 Å². The van der Waals surface area contributed by atoms with E-state index < -0.39 is 21.2 Å². The Bertz CT molecular complexity index is 374. The Hall–Kier alpha value is -0.660. The summed E-state index contributed by atoms with van der Waals surface area (Å²) < 4.78 is 29.5. The van der Waals surface area contributed by atoms with Crippen LogP contribution in [0.3, 0.4) is 0 Å². The predicted octanol–water partition coefficient (Wildman–Crippen LogP) is -0.420. The molecular formula is C10H19NO5S. The molecule has 0 aliphatic heterocycles. The quantitative estimate of drug-likeness (QED) is 0.683. The van der Waals surface area contributed by atoms with E-state index in [4.69, 9.17) is 5.11 Å². The SMILES string of the molecule is COC(=O)C(C)S(=O)(=O)N(C)CC1CC(O)C1. The summed E-state index contributed by atoms with van der Waals surface area (Å²) >= 11 is 0. The first-order valence-electron chi connectivity index (χ1n) is 5.50. The number of hydrogen-bond donors (Lipinski definition) is 1. The number of esters is 1. The number of nitrogens with zero attached hydrogens (tertiary/aromatic N) is 1. The van der Waals surface area contributed by atoms with E-state index in [1.165, 1.54) is 18.3 Å². The number of carbonyl (C=O) groups is 1. The number of rotatable bonds is 5. The molecule has 0 heterocycles. The van der Waals surface area contributed by atoms with Crippen molar-refractivity contribution in [2.75, 3.05) is 20.7 Å². The molecule has 0 aromatic rings. The fraction of sp³-hybridized carbons (Fsp3) is 0.900. The predicted molar refractivity (Wildman–Crippen MR) is 61.8 cm³/mol. The largest absolute Gasteiger partial charge is 0.468 e. The average Bonchev–Trinajstić information content (AvgIpc) is 2.24. The van der Waals surface area contributed by atoms with E-state index in [2.05, 4.69) is 4.74 Å². The molecule has 1 unspecified atom stereocenters. The van der Waals surface area contributed by atoms with E-state index in [0.29, 0.717) is 19.4 Å². The van der Waals surface area contributed by atoms with Crippen molar-refractivity contribution in [2.24, 2.45) is 5.92 Å². The van der Waals surface area contributed by atoms with Crippen LogP contribution in [0, 0.1) is 5.92 Å². The van der Waals surface area contributed by atoms with Gasteiger partial charge in [-0.1, -0.05) is 0 Å². The van der Waals surface area contributed by atoms with E-state index in [9.17, 15) is 13.2 Å². The molecule has 17 heavy (non-hydrogen) atoms. The maximum atomic E-state index is 12.0. The number of aliphatic hydroxyl groups is 1. The Kier molecular flexibility index (Phi) is 4.51. The van der Waals surface area contributed by atoms with Gasteiger partial charge in [-0.15, -0.1) is 0 Å². The molecule has 1 aliphatic rings. The molecule has 1 N–H and O–H groups in total. The maximum absolute atomic E-state index is 12.0. The lowest BCUT2D eigenvalue weighted by Crippen LogP contribution is -2.44. The third-order valence-electron chi connectivity index (χ3n) is 3.14. The molecular weight excluding hydrogens is 246 g/mol. The zero-order chi connectivity index (χ0) is 13.2. The van der Waals surface area contributed by atoms with Crippen LogP contribution in [0.15, 0.2) is 0 Å². The molecule has 0 amide bonds. The van der Waals surface area contributed by atoms with Crippen molar-refractivity contribution in [3.05, 3.63) is 0 Å². The van der Waals surface area contributed by atoms with E-state index in [1.54, 1.807) is 0 Å². The van der Waals surface area contributed by atoms with Crippen LogP contribution >= 0.6 is 0 Å². The molecule has 0 aromatic heterocycles. The van der Waals surface area contributed by atoms with Gasteiger partial charge in [0, 0.05) is 13.6 Å². The summed E-state index contributed by atoms with van der Waals surface area (Å²) in [6.07, 6.45) is 0.924. The first kappa shape index (κ1) is 14.4. The average molecular weight is 265 g/mol. The topological polar surface area (TPSA) is 83.9 Å². The van der Waals surface area contributed by atoms with Crippen LogP contribution in [0.25, 0.3) is 0 Å². The van der Waals surface area contributed by atoms with Crippen LogP contribution in [-0.2, 0) is 19.6 Å². The van der Waals surface area contributed by atoms with Gasteiger partial charge in [-0.3, -0.25) is 4.79 Å².